The van der Waals surface area contributed by atoms with Crippen LogP contribution >= 0.6 is 0 Å². The Morgan fingerprint density at radius 1 is 1.33 bits per heavy atom. The largest absolute Gasteiger partial charge is 0.480 e. The average Bonchev–Trinajstić information content (AvgIpc) is 2.93. The Labute approximate surface area is 134 Å². The molecule has 130 valence electrons. The zero-order valence-electron chi connectivity index (χ0n) is 12.9. The van der Waals surface area contributed by atoms with Gasteiger partial charge in [0.2, 0.25) is 0 Å². The lowest BCUT2D eigenvalue weighted by Crippen LogP contribution is -2.31. The Kier molecular flexibility index (Phi) is 4.76. The van der Waals surface area contributed by atoms with Crippen molar-refractivity contribution in [2.45, 2.75) is 19.2 Å². The summed E-state index contributed by atoms with van der Waals surface area (Å²) < 4.78 is 62.9. The molecule has 1 aromatic heterocycles. The molecule has 0 radical (unpaired) electrons. The van der Waals surface area contributed by atoms with Crippen molar-refractivity contribution in [2.75, 3.05) is 7.11 Å². The first kappa shape index (κ1) is 17.7. The highest BCUT2D eigenvalue weighted by atomic mass is 19.4. The number of benzene rings is 1. The van der Waals surface area contributed by atoms with Gasteiger partial charge in [0, 0.05) is 7.05 Å². The first-order chi connectivity index (χ1) is 11.1. The Morgan fingerprint density at radius 3 is 2.50 bits per heavy atom. The van der Waals surface area contributed by atoms with Crippen molar-refractivity contribution >= 4 is 5.97 Å². The number of carbonyl (C=O) groups excluding carboxylic acids is 1. The lowest BCUT2D eigenvalue weighted by molar-refractivity contribution is -0.189. The fraction of sp³-hybridized carbons (Fsp3) is 0.357. The van der Waals surface area contributed by atoms with E-state index in [1.165, 1.54) is 11.0 Å². The van der Waals surface area contributed by atoms with Crippen LogP contribution in [0.15, 0.2) is 18.5 Å². The molecule has 1 aromatic carbocycles. The van der Waals surface area contributed by atoms with Gasteiger partial charge in [0.25, 0.3) is 0 Å². The summed E-state index contributed by atoms with van der Waals surface area (Å²) in [5.41, 5.74) is -0.668. The third kappa shape index (κ3) is 3.63. The predicted octanol–water partition coefficient (Wildman–Crippen LogP) is 2.74. The first-order valence-electron chi connectivity index (χ1n) is 6.64. The van der Waals surface area contributed by atoms with Crippen molar-refractivity contribution in [3.8, 4) is 17.1 Å². The molecule has 0 N–H and O–H groups in total. The molecule has 0 aliphatic carbocycles. The second kappa shape index (κ2) is 6.46. The van der Waals surface area contributed by atoms with Gasteiger partial charge in [-0.2, -0.15) is 18.3 Å². The average molecular weight is 347 g/mol. The maximum Gasteiger partial charge on any atom is 0.425 e. The van der Waals surface area contributed by atoms with E-state index in [1.807, 2.05) is 0 Å². The molecule has 6 nitrogen and oxygen atoms in total. The fourth-order valence-corrected chi connectivity index (χ4v) is 1.81. The van der Waals surface area contributed by atoms with Crippen LogP contribution in [0.5, 0.6) is 5.75 Å². The Morgan fingerprint density at radius 2 is 2.00 bits per heavy atom. The number of aryl methyl sites for hydroxylation is 1. The van der Waals surface area contributed by atoms with E-state index in [1.54, 1.807) is 7.05 Å². The van der Waals surface area contributed by atoms with E-state index >= 15 is 0 Å². The van der Waals surface area contributed by atoms with Gasteiger partial charge in [-0.1, -0.05) is 0 Å². The number of ether oxygens (including phenoxy) is 2. The molecule has 0 amide bonds. The highest BCUT2D eigenvalue weighted by molar-refractivity contribution is 5.93. The van der Waals surface area contributed by atoms with E-state index in [0.717, 1.165) is 26.2 Å². The summed E-state index contributed by atoms with van der Waals surface area (Å²) in [6.45, 7) is 0.767. The number of aromatic nitrogens is 3. The van der Waals surface area contributed by atoms with Crippen LogP contribution in [0.1, 0.15) is 17.3 Å². The number of carbonyl (C=O) groups is 1. The summed E-state index contributed by atoms with van der Waals surface area (Å²) in [7, 11) is 2.56. The molecule has 0 aliphatic rings. The van der Waals surface area contributed by atoms with Gasteiger partial charge in [-0.3, -0.25) is 4.68 Å². The normalized spacial score (nSPS) is 12.8. The second-order valence-corrected chi connectivity index (χ2v) is 4.86. The minimum atomic E-state index is -4.66. The lowest BCUT2D eigenvalue weighted by Gasteiger charge is -2.19. The highest BCUT2D eigenvalue weighted by Gasteiger charge is 2.39. The number of esters is 1. The maximum atomic E-state index is 14.2. The van der Waals surface area contributed by atoms with Crippen molar-refractivity contribution in [1.82, 2.24) is 14.8 Å². The summed E-state index contributed by atoms with van der Waals surface area (Å²) >= 11 is 0. The number of rotatable bonds is 4. The van der Waals surface area contributed by atoms with Crippen LogP contribution in [-0.2, 0) is 11.8 Å². The first-order valence-corrected chi connectivity index (χ1v) is 6.64. The van der Waals surface area contributed by atoms with Gasteiger partial charge in [-0.25, -0.2) is 14.2 Å². The lowest BCUT2D eigenvalue weighted by atomic mass is 10.1. The Bertz CT molecular complexity index is 758. The molecular weight excluding hydrogens is 334 g/mol. The monoisotopic (exact) mass is 347 g/mol. The van der Waals surface area contributed by atoms with Crippen LogP contribution < -0.4 is 4.74 Å². The molecular formula is C14H13F4N3O3. The summed E-state index contributed by atoms with van der Waals surface area (Å²) in [6, 6.07) is 1.68. The molecule has 1 atom stereocenters. The SMILES string of the molecule is COC(=O)c1cc(F)c(-c2ncn(C)n2)cc1O[C@@H](C)C(F)(F)F. The molecule has 2 rings (SSSR count). The number of hydrogen-bond acceptors (Lipinski definition) is 5. The van der Waals surface area contributed by atoms with Crippen molar-refractivity contribution in [1.29, 1.82) is 0 Å². The van der Waals surface area contributed by atoms with Crippen LogP contribution in [0.3, 0.4) is 0 Å². The summed E-state index contributed by atoms with van der Waals surface area (Å²) in [5.74, 6) is -2.46. The fourth-order valence-electron chi connectivity index (χ4n) is 1.81. The minimum absolute atomic E-state index is 0.0593. The molecule has 1 heterocycles. The van der Waals surface area contributed by atoms with Gasteiger partial charge in [0.15, 0.2) is 11.9 Å². The van der Waals surface area contributed by atoms with E-state index < -0.39 is 35.4 Å². The third-order valence-electron chi connectivity index (χ3n) is 3.08. The van der Waals surface area contributed by atoms with Crippen molar-refractivity contribution in [3.63, 3.8) is 0 Å². The zero-order valence-corrected chi connectivity index (χ0v) is 12.9. The highest BCUT2D eigenvalue weighted by Crippen LogP contribution is 2.32. The van der Waals surface area contributed by atoms with Crippen LogP contribution in [0.25, 0.3) is 11.4 Å². The second-order valence-electron chi connectivity index (χ2n) is 4.86. The molecule has 0 bridgehead atoms. The summed E-state index contributed by atoms with van der Waals surface area (Å²) in [6.07, 6.45) is -5.58. The van der Waals surface area contributed by atoms with Crippen molar-refractivity contribution in [2.24, 2.45) is 7.05 Å². The van der Waals surface area contributed by atoms with E-state index in [4.69, 9.17) is 4.74 Å². The molecule has 10 heteroatoms. The van der Waals surface area contributed by atoms with Crippen molar-refractivity contribution in [3.05, 3.63) is 29.8 Å². The number of methoxy groups -OCH3 is 1. The van der Waals surface area contributed by atoms with Crippen LogP contribution in [0, 0.1) is 5.82 Å². The molecule has 0 spiro atoms. The van der Waals surface area contributed by atoms with Gasteiger partial charge in [0.05, 0.1) is 12.7 Å². The van der Waals surface area contributed by atoms with Gasteiger partial charge in [-0.15, -0.1) is 0 Å². The standard InChI is InChI=1S/C14H13F4N3O3/c1-7(14(16,17)18)24-11-5-8(12-19-6-21(2)20-12)10(15)4-9(11)13(22)23-3/h4-7H,1-3H3/t7-/m0/s1. The van der Waals surface area contributed by atoms with Crippen LogP contribution in [0.2, 0.25) is 0 Å². The minimum Gasteiger partial charge on any atom is -0.480 e. The molecule has 2 aromatic rings. The maximum absolute atomic E-state index is 14.2. The molecule has 0 aliphatic heterocycles. The van der Waals surface area contributed by atoms with Gasteiger partial charge in [0.1, 0.15) is 23.5 Å². The van der Waals surface area contributed by atoms with E-state index in [2.05, 4.69) is 14.8 Å². The zero-order chi connectivity index (χ0) is 18.1. The Hall–Kier alpha value is -2.65. The number of hydrogen-bond donors (Lipinski definition) is 0. The summed E-state index contributed by atoms with van der Waals surface area (Å²) in [4.78, 5) is 15.5. The van der Waals surface area contributed by atoms with E-state index in [0.29, 0.717) is 0 Å². The predicted molar refractivity (Wildman–Crippen MR) is 73.9 cm³/mol. The topological polar surface area (TPSA) is 66.2 Å². The van der Waals surface area contributed by atoms with Gasteiger partial charge < -0.3 is 9.47 Å². The smallest absolute Gasteiger partial charge is 0.425 e. The van der Waals surface area contributed by atoms with E-state index in [9.17, 15) is 22.4 Å². The Balaban J connectivity index is 2.54. The number of nitrogens with zero attached hydrogens (tertiary/aromatic N) is 3. The molecule has 24 heavy (non-hydrogen) atoms. The molecule has 0 fully saturated rings. The third-order valence-corrected chi connectivity index (χ3v) is 3.08. The quantitative estimate of drug-likeness (QED) is 0.628. The number of halogens is 4. The summed E-state index contributed by atoms with van der Waals surface area (Å²) in [5, 5.41) is 3.88. The number of alkyl halides is 3. The van der Waals surface area contributed by atoms with Gasteiger partial charge >= 0.3 is 12.1 Å². The molecule has 0 unspecified atom stereocenters. The molecule has 0 saturated carbocycles. The van der Waals surface area contributed by atoms with Crippen molar-refractivity contribution < 1.29 is 31.8 Å². The molecule has 0 saturated heterocycles. The van der Waals surface area contributed by atoms with Crippen LogP contribution in [0.4, 0.5) is 17.6 Å². The van der Waals surface area contributed by atoms with E-state index in [-0.39, 0.29) is 11.4 Å². The van der Waals surface area contributed by atoms with Crippen LogP contribution in [-0.4, -0.2) is 40.1 Å². The van der Waals surface area contributed by atoms with Gasteiger partial charge in [-0.05, 0) is 19.1 Å².